The van der Waals surface area contributed by atoms with Crippen molar-refractivity contribution in [3.8, 4) is 11.4 Å². The summed E-state index contributed by atoms with van der Waals surface area (Å²) in [7, 11) is 1.32. The maximum Gasteiger partial charge on any atom is 0.409 e. The topological polar surface area (TPSA) is 115 Å². The minimum atomic E-state index is -0.511. The van der Waals surface area contributed by atoms with Crippen LogP contribution in [-0.2, 0) is 4.74 Å². The molecule has 1 aromatic carbocycles. The molecule has 0 radical (unpaired) electrons. The molecule has 1 saturated heterocycles. The van der Waals surface area contributed by atoms with E-state index in [1.54, 1.807) is 17.5 Å². The summed E-state index contributed by atoms with van der Waals surface area (Å²) in [5, 5.41) is 11.1. The van der Waals surface area contributed by atoms with Gasteiger partial charge in [-0.3, -0.25) is 4.79 Å². The molecule has 4 heterocycles. The Morgan fingerprint density at radius 2 is 2.00 bits per heavy atom. The van der Waals surface area contributed by atoms with Crippen molar-refractivity contribution in [3.63, 3.8) is 0 Å². The molecule has 0 unspecified atom stereocenters. The van der Waals surface area contributed by atoms with Crippen LogP contribution in [0.5, 0.6) is 0 Å². The van der Waals surface area contributed by atoms with Crippen molar-refractivity contribution in [1.29, 1.82) is 0 Å². The van der Waals surface area contributed by atoms with Gasteiger partial charge in [0.25, 0.3) is 5.91 Å². The summed E-state index contributed by atoms with van der Waals surface area (Å²) < 4.78 is 26.6. The number of likely N-dealkylation sites (tertiary alicyclic amines) is 1. The van der Waals surface area contributed by atoms with Crippen LogP contribution in [0.2, 0.25) is 0 Å². The van der Waals surface area contributed by atoms with E-state index in [0.717, 1.165) is 0 Å². The summed E-state index contributed by atoms with van der Waals surface area (Å²) in [6.45, 7) is 2.39. The number of pyridine rings is 1. The minimum Gasteiger partial charge on any atom is -0.453 e. The van der Waals surface area contributed by atoms with Gasteiger partial charge in [-0.25, -0.2) is 13.7 Å². The lowest BCUT2D eigenvalue weighted by Crippen LogP contribution is -2.48. The number of nitrogens with zero attached hydrogens (tertiary/aromatic N) is 5. The maximum atomic E-state index is 14.8. The molecule has 2 fully saturated rings. The summed E-state index contributed by atoms with van der Waals surface area (Å²) in [6.07, 6.45) is 5.40. The van der Waals surface area contributed by atoms with Gasteiger partial charge in [0.1, 0.15) is 5.82 Å². The first kappa shape index (κ1) is 22.2. The molecule has 2 amide bonds. The van der Waals surface area contributed by atoms with Gasteiger partial charge in [-0.05, 0) is 49.4 Å². The van der Waals surface area contributed by atoms with Crippen LogP contribution >= 0.6 is 0 Å². The van der Waals surface area contributed by atoms with Crippen LogP contribution in [0.1, 0.15) is 52.1 Å². The van der Waals surface area contributed by atoms with Crippen molar-refractivity contribution in [3.05, 3.63) is 65.1 Å². The Kier molecular flexibility index (Phi) is 5.20. The molecule has 6 rings (SSSR count). The monoisotopic (exact) mass is 490 g/mol. The van der Waals surface area contributed by atoms with Crippen LogP contribution in [0.4, 0.5) is 14.9 Å². The Morgan fingerprint density at radius 1 is 1.19 bits per heavy atom. The number of halogens is 1. The molecule has 2 aliphatic rings. The summed E-state index contributed by atoms with van der Waals surface area (Å²) in [5.41, 5.74) is 3.23. The zero-order valence-electron chi connectivity index (χ0n) is 19.7. The summed E-state index contributed by atoms with van der Waals surface area (Å²) in [5.74, 6) is 0.105. The van der Waals surface area contributed by atoms with Gasteiger partial charge >= 0.3 is 6.09 Å². The molecule has 1 saturated carbocycles. The van der Waals surface area contributed by atoms with Gasteiger partial charge in [-0.15, -0.1) is 0 Å². The molecule has 0 bridgehead atoms. The third kappa shape index (κ3) is 3.86. The van der Waals surface area contributed by atoms with Crippen molar-refractivity contribution >= 4 is 23.2 Å². The molecule has 11 heteroatoms. The number of aromatic nitrogens is 4. The fourth-order valence-electron chi connectivity index (χ4n) is 4.39. The number of rotatable bonds is 5. The van der Waals surface area contributed by atoms with Gasteiger partial charge in [0.05, 0.1) is 30.3 Å². The van der Waals surface area contributed by atoms with E-state index in [4.69, 9.17) is 4.52 Å². The van der Waals surface area contributed by atoms with Gasteiger partial charge in [-0.1, -0.05) is 11.2 Å². The number of fused-ring (bicyclic) bond motifs is 1. The Bertz CT molecular complexity index is 1500. The van der Waals surface area contributed by atoms with Gasteiger partial charge in [0.2, 0.25) is 11.7 Å². The van der Waals surface area contributed by atoms with E-state index < -0.39 is 17.8 Å². The zero-order chi connectivity index (χ0) is 25.0. The fraction of sp³-hybridized carbons (Fsp3) is 0.320. The number of methoxy groups -OCH3 is 1. The molecule has 1 aliphatic carbocycles. The van der Waals surface area contributed by atoms with E-state index in [0.29, 0.717) is 47.2 Å². The SMILES string of the molecule is COC(=O)N1CC(c2nc(-c3cc(F)c(C)c(NC(=O)c4cnn5cc(C6CC6)ccc45)c3)no2)C1. The first-order valence-electron chi connectivity index (χ1n) is 11.7. The largest absolute Gasteiger partial charge is 0.453 e. The molecular weight excluding hydrogens is 467 g/mol. The summed E-state index contributed by atoms with van der Waals surface area (Å²) in [4.78, 5) is 30.6. The summed E-state index contributed by atoms with van der Waals surface area (Å²) in [6, 6.07) is 6.83. The van der Waals surface area contributed by atoms with Crippen LogP contribution in [-0.4, -0.2) is 56.9 Å². The van der Waals surface area contributed by atoms with E-state index in [9.17, 15) is 14.0 Å². The van der Waals surface area contributed by atoms with Crippen molar-refractivity contribution in [2.24, 2.45) is 0 Å². The second kappa shape index (κ2) is 8.43. The van der Waals surface area contributed by atoms with Crippen LogP contribution in [0.15, 0.2) is 41.2 Å². The number of amides is 2. The quantitative estimate of drug-likeness (QED) is 0.447. The van der Waals surface area contributed by atoms with Crippen LogP contribution in [0.3, 0.4) is 0 Å². The second-order valence-electron chi connectivity index (χ2n) is 9.24. The minimum absolute atomic E-state index is 0.115. The summed E-state index contributed by atoms with van der Waals surface area (Å²) >= 11 is 0. The van der Waals surface area contributed by atoms with Crippen LogP contribution in [0, 0.1) is 12.7 Å². The van der Waals surface area contributed by atoms with Crippen LogP contribution < -0.4 is 5.32 Å². The lowest BCUT2D eigenvalue weighted by molar-refractivity contribution is 0.0804. The lowest BCUT2D eigenvalue weighted by Gasteiger charge is -2.35. The van der Waals surface area contributed by atoms with Crippen molar-refractivity contribution in [2.75, 3.05) is 25.5 Å². The van der Waals surface area contributed by atoms with Crippen molar-refractivity contribution in [1.82, 2.24) is 24.7 Å². The maximum absolute atomic E-state index is 14.8. The Balaban J connectivity index is 1.22. The fourth-order valence-corrected chi connectivity index (χ4v) is 4.39. The molecule has 0 spiro atoms. The highest BCUT2D eigenvalue weighted by Gasteiger charge is 2.36. The number of carbonyl (C=O) groups is 2. The van der Waals surface area contributed by atoms with Gasteiger partial charge in [0.15, 0.2) is 0 Å². The highest BCUT2D eigenvalue weighted by Crippen LogP contribution is 2.40. The Hall–Kier alpha value is -4.28. The van der Waals surface area contributed by atoms with E-state index in [1.807, 2.05) is 18.3 Å². The molecule has 4 aromatic rings. The zero-order valence-corrected chi connectivity index (χ0v) is 19.7. The first-order chi connectivity index (χ1) is 17.4. The molecule has 0 atom stereocenters. The predicted molar refractivity (Wildman–Crippen MR) is 126 cm³/mol. The number of carbonyl (C=O) groups excluding carboxylic acids is 2. The normalized spacial score (nSPS) is 15.7. The smallest absolute Gasteiger partial charge is 0.409 e. The van der Waals surface area contributed by atoms with Gasteiger partial charge < -0.3 is 19.5 Å². The molecule has 10 nitrogen and oxygen atoms in total. The Labute approximate surface area is 205 Å². The number of ether oxygens (including phenoxy) is 1. The van der Waals surface area contributed by atoms with E-state index >= 15 is 0 Å². The second-order valence-corrected chi connectivity index (χ2v) is 9.24. The molecule has 1 N–H and O–H groups in total. The average molecular weight is 490 g/mol. The molecule has 3 aromatic heterocycles. The van der Waals surface area contributed by atoms with E-state index in [1.165, 1.54) is 42.7 Å². The van der Waals surface area contributed by atoms with Crippen molar-refractivity contribution in [2.45, 2.75) is 31.6 Å². The third-order valence-electron chi connectivity index (χ3n) is 6.79. The highest BCUT2D eigenvalue weighted by atomic mass is 19.1. The first-order valence-corrected chi connectivity index (χ1v) is 11.7. The molecule has 184 valence electrons. The lowest BCUT2D eigenvalue weighted by atomic mass is 10.0. The van der Waals surface area contributed by atoms with Gasteiger partial charge in [0, 0.05) is 36.1 Å². The number of hydrogen-bond donors (Lipinski definition) is 1. The van der Waals surface area contributed by atoms with Crippen LogP contribution in [0.25, 0.3) is 16.9 Å². The van der Waals surface area contributed by atoms with Crippen molar-refractivity contribution < 1.29 is 23.2 Å². The predicted octanol–water partition coefficient (Wildman–Crippen LogP) is 4.13. The third-order valence-corrected chi connectivity index (χ3v) is 6.79. The number of benzene rings is 1. The van der Waals surface area contributed by atoms with Gasteiger partial charge in [-0.2, -0.15) is 10.1 Å². The van der Waals surface area contributed by atoms with E-state index in [2.05, 4.69) is 25.3 Å². The number of hydrogen-bond acceptors (Lipinski definition) is 7. The molecular formula is C25H23FN6O4. The van der Waals surface area contributed by atoms with E-state index in [-0.39, 0.29) is 17.3 Å². The highest BCUT2D eigenvalue weighted by molar-refractivity contribution is 6.09. The number of anilines is 1. The molecule has 36 heavy (non-hydrogen) atoms. The average Bonchev–Trinajstić information content (AvgIpc) is 3.43. The number of nitrogens with one attached hydrogen (secondary N) is 1. The Morgan fingerprint density at radius 3 is 2.75 bits per heavy atom. The standard InChI is InChI=1S/C25H23FN6O4/c1-13-19(26)7-16(22-29-24(36-30-22)17-10-31(11-17)25(34)35-2)8-20(13)28-23(33)18-9-27-32-12-15(14-3-4-14)5-6-21(18)32/h5-9,12,14,17H,3-4,10-11H2,1-2H3,(H,28,33). The molecule has 1 aliphatic heterocycles.